The van der Waals surface area contributed by atoms with Gasteiger partial charge in [-0.15, -0.1) is 0 Å². The first kappa shape index (κ1) is 10.3. The minimum Gasteiger partial charge on any atom is -0.344 e. The molecule has 1 heterocycles. The number of rotatable bonds is 3. The Morgan fingerprint density at radius 2 is 2.12 bits per heavy atom. The molecule has 0 radical (unpaired) electrons. The molecule has 1 aromatic heterocycles. The maximum absolute atomic E-state index is 12.1. The number of benzene rings is 1. The smallest absolute Gasteiger partial charge is 0.344 e. The number of para-hydroxylation sites is 1. The summed E-state index contributed by atoms with van der Waals surface area (Å²) in [6, 6.07) is 6.61. The van der Waals surface area contributed by atoms with Crippen LogP contribution in [0.4, 0.5) is 14.5 Å². The third-order valence-electron chi connectivity index (χ3n) is 2.02. The Labute approximate surface area is 88.7 Å². The molecular weight excluding hydrogens is 218 g/mol. The molecule has 0 amide bonds. The number of aliphatic imine (C=N–C) groups is 1. The Morgan fingerprint density at radius 3 is 2.81 bits per heavy atom. The molecule has 0 aliphatic carbocycles. The van der Waals surface area contributed by atoms with Gasteiger partial charge in [-0.25, -0.2) is 4.79 Å². The molecular formula is C10H6F2N2O2. The average molecular weight is 224 g/mol. The second-order valence-corrected chi connectivity index (χ2v) is 2.93. The van der Waals surface area contributed by atoms with Crippen molar-refractivity contribution in [2.75, 3.05) is 0 Å². The fourth-order valence-electron chi connectivity index (χ4n) is 1.44. The topological polar surface area (TPSA) is 43.6 Å². The van der Waals surface area contributed by atoms with Crippen LogP contribution in [0.1, 0.15) is 0 Å². The van der Waals surface area contributed by atoms with E-state index in [4.69, 9.17) is 0 Å². The minimum atomic E-state index is -2.94. The van der Waals surface area contributed by atoms with Crippen LogP contribution in [0.25, 0.3) is 10.9 Å². The van der Waals surface area contributed by atoms with Crippen molar-refractivity contribution in [2.24, 2.45) is 4.99 Å². The van der Waals surface area contributed by atoms with E-state index in [0.29, 0.717) is 10.9 Å². The summed E-state index contributed by atoms with van der Waals surface area (Å²) in [4.78, 5) is 17.8. The van der Waals surface area contributed by atoms with E-state index in [9.17, 15) is 13.6 Å². The van der Waals surface area contributed by atoms with Crippen LogP contribution >= 0.6 is 0 Å². The number of aromatic nitrogens is 1. The molecule has 0 saturated carbocycles. The van der Waals surface area contributed by atoms with Gasteiger partial charge in [0.1, 0.15) is 5.69 Å². The quantitative estimate of drug-likeness (QED) is 0.592. The lowest BCUT2D eigenvalue weighted by Crippen LogP contribution is -2.15. The summed E-state index contributed by atoms with van der Waals surface area (Å²) >= 11 is 0. The molecule has 2 rings (SSSR count). The number of carbonyl (C=O) groups excluding carboxylic acids is 1. The summed E-state index contributed by atoms with van der Waals surface area (Å²) in [5.41, 5.74) is 0.656. The first-order chi connectivity index (χ1) is 7.72. The van der Waals surface area contributed by atoms with E-state index < -0.39 is 6.61 Å². The first-order valence-corrected chi connectivity index (χ1v) is 4.35. The minimum absolute atomic E-state index is 0.242. The molecule has 0 unspecified atom stereocenters. The summed E-state index contributed by atoms with van der Waals surface area (Å²) < 4.78 is 25.1. The fourth-order valence-corrected chi connectivity index (χ4v) is 1.44. The van der Waals surface area contributed by atoms with Crippen LogP contribution in [0.5, 0.6) is 0 Å². The molecule has 6 heteroatoms. The van der Waals surface area contributed by atoms with Gasteiger partial charge in [-0.05, 0) is 6.07 Å². The van der Waals surface area contributed by atoms with E-state index in [1.54, 1.807) is 24.3 Å². The van der Waals surface area contributed by atoms with Crippen LogP contribution in [0, 0.1) is 0 Å². The predicted molar refractivity (Wildman–Crippen MR) is 52.3 cm³/mol. The largest absolute Gasteiger partial charge is 0.405 e. The second-order valence-electron chi connectivity index (χ2n) is 2.93. The second kappa shape index (κ2) is 4.12. The van der Waals surface area contributed by atoms with Gasteiger partial charge in [-0.1, -0.05) is 18.2 Å². The maximum Gasteiger partial charge on any atom is 0.405 e. The van der Waals surface area contributed by atoms with Crippen molar-refractivity contribution in [1.82, 2.24) is 4.73 Å². The van der Waals surface area contributed by atoms with Crippen LogP contribution in [-0.4, -0.2) is 17.4 Å². The van der Waals surface area contributed by atoms with Gasteiger partial charge in [0, 0.05) is 5.39 Å². The average Bonchev–Trinajstić information content (AvgIpc) is 2.58. The Balaban J connectivity index is 2.61. The van der Waals surface area contributed by atoms with E-state index >= 15 is 0 Å². The van der Waals surface area contributed by atoms with Crippen LogP contribution in [0.3, 0.4) is 0 Å². The molecule has 0 bridgehead atoms. The van der Waals surface area contributed by atoms with Crippen LogP contribution in [0.2, 0.25) is 0 Å². The Morgan fingerprint density at radius 1 is 1.38 bits per heavy atom. The number of isocyanates is 1. The monoisotopic (exact) mass is 224 g/mol. The van der Waals surface area contributed by atoms with Crippen molar-refractivity contribution in [3.63, 3.8) is 0 Å². The predicted octanol–water partition coefficient (Wildman–Crippen LogP) is 2.26. The van der Waals surface area contributed by atoms with Crippen molar-refractivity contribution in [3.05, 3.63) is 30.5 Å². The number of hydrogen-bond donors (Lipinski definition) is 0. The van der Waals surface area contributed by atoms with Gasteiger partial charge in [0.25, 0.3) is 0 Å². The van der Waals surface area contributed by atoms with Gasteiger partial charge >= 0.3 is 6.61 Å². The fraction of sp³-hybridized carbons (Fsp3) is 0.100. The number of fused-ring (bicyclic) bond motifs is 1. The highest BCUT2D eigenvalue weighted by atomic mass is 19.3. The molecule has 0 aliphatic rings. The lowest BCUT2D eigenvalue weighted by Gasteiger charge is -2.04. The summed E-state index contributed by atoms with van der Waals surface area (Å²) in [5, 5.41) is 0.548. The van der Waals surface area contributed by atoms with Gasteiger partial charge in [-0.2, -0.15) is 18.5 Å². The number of halogens is 2. The van der Waals surface area contributed by atoms with Gasteiger partial charge in [0.05, 0.1) is 11.7 Å². The van der Waals surface area contributed by atoms with E-state index in [0.717, 1.165) is 4.73 Å². The third-order valence-corrected chi connectivity index (χ3v) is 2.02. The zero-order valence-corrected chi connectivity index (χ0v) is 7.93. The molecule has 0 fully saturated rings. The molecule has 1 aromatic carbocycles. The zero-order chi connectivity index (χ0) is 11.5. The van der Waals surface area contributed by atoms with Gasteiger partial charge in [0.15, 0.2) is 0 Å². The van der Waals surface area contributed by atoms with Crippen LogP contribution in [-0.2, 0) is 4.79 Å². The molecule has 0 saturated heterocycles. The number of nitrogens with zero attached hydrogens (tertiary/aromatic N) is 2. The molecule has 2 aromatic rings. The van der Waals surface area contributed by atoms with Crippen molar-refractivity contribution in [3.8, 4) is 0 Å². The van der Waals surface area contributed by atoms with Crippen molar-refractivity contribution < 1.29 is 18.4 Å². The molecule has 82 valence electrons. The first-order valence-electron chi connectivity index (χ1n) is 4.35. The van der Waals surface area contributed by atoms with E-state index in [2.05, 4.69) is 9.83 Å². The molecule has 16 heavy (non-hydrogen) atoms. The third kappa shape index (κ3) is 1.78. The van der Waals surface area contributed by atoms with Gasteiger partial charge in [0.2, 0.25) is 6.08 Å². The SMILES string of the molecule is O=C=Nc1cn(OC(F)F)c2ccccc12. The molecule has 4 nitrogen and oxygen atoms in total. The Kier molecular flexibility index (Phi) is 2.66. The van der Waals surface area contributed by atoms with E-state index in [1.807, 2.05) is 0 Å². The summed E-state index contributed by atoms with van der Waals surface area (Å²) in [6.07, 6.45) is 2.57. The number of hydrogen-bond acceptors (Lipinski definition) is 3. The standard InChI is InChI=1S/C10H6F2N2O2/c11-10(12)16-14-5-8(13-6-15)7-3-1-2-4-9(7)14/h1-5,10H. The van der Waals surface area contributed by atoms with E-state index in [-0.39, 0.29) is 5.69 Å². The van der Waals surface area contributed by atoms with Crippen molar-refractivity contribution >= 4 is 22.7 Å². The van der Waals surface area contributed by atoms with Gasteiger partial charge in [-0.3, -0.25) is 0 Å². The highest BCUT2D eigenvalue weighted by molar-refractivity contribution is 5.91. The van der Waals surface area contributed by atoms with Gasteiger partial charge < -0.3 is 4.84 Å². The van der Waals surface area contributed by atoms with Crippen LogP contribution in [0.15, 0.2) is 35.5 Å². The lowest BCUT2D eigenvalue weighted by molar-refractivity contribution is -0.128. The lowest BCUT2D eigenvalue weighted by atomic mass is 10.2. The maximum atomic E-state index is 12.1. The highest BCUT2D eigenvalue weighted by Gasteiger charge is 2.11. The van der Waals surface area contributed by atoms with Crippen LogP contribution < -0.4 is 4.84 Å². The summed E-state index contributed by atoms with van der Waals surface area (Å²) in [6.45, 7) is -2.94. The highest BCUT2D eigenvalue weighted by Crippen LogP contribution is 2.27. The number of alkyl halides is 2. The summed E-state index contributed by atoms with van der Waals surface area (Å²) in [5.74, 6) is 0. The molecule has 0 spiro atoms. The molecule has 0 atom stereocenters. The Bertz CT molecular complexity index is 559. The van der Waals surface area contributed by atoms with E-state index in [1.165, 1.54) is 12.3 Å². The molecule has 0 aliphatic heterocycles. The molecule has 0 N–H and O–H groups in total. The Hall–Kier alpha value is -2.20. The van der Waals surface area contributed by atoms with Crippen molar-refractivity contribution in [1.29, 1.82) is 0 Å². The zero-order valence-electron chi connectivity index (χ0n) is 7.93. The van der Waals surface area contributed by atoms with Crippen molar-refractivity contribution in [2.45, 2.75) is 6.61 Å². The summed E-state index contributed by atoms with van der Waals surface area (Å²) in [7, 11) is 0. The normalized spacial score (nSPS) is 10.4.